The minimum absolute atomic E-state index is 0. The summed E-state index contributed by atoms with van der Waals surface area (Å²) in [6, 6.07) is 10.9. The van der Waals surface area contributed by atoms with Crippen LogP contribution in [0.4, 0.5) is 0 Å². The first kappa shape index (κ1) is 22.4. The van der Waals surface area contributed by atoms with E-state index < -0.39 is 0 Å². The maximum atomic E-state index is 4.31. The summed E-state index contributed by atoms with van der Waals surface area (Å²) in [4.78, 5) is 11.0. The van der Waals surface area contributed by atoms with Crippen molar-refractivity contribution in [2.45, 2.75) is 26.4 Å². The number of aliphatic imine (C=N–C) groups is 1. The van der Waals surface area contributed by atoms with Gasteiger partial charge in [-0.2, -0.15) is 5.10 Å². The molecule has 1 unspecified atom stereocenters. The molecule has 0 aliphatic heterocycles. The van der Waals surface area contributed by atoms with E-state index in [0.717, 1.165) is 31.4 Å². The molecular weight excluding hydrogens is 441 g/mol. The van der Waals surface area contributed by atoms with Gasteiger partial charge in [0.1, 0.15) is 12.2 Å². The summed E-state index contributed by atoms with van der Waals surface area (Å²) in [5.74, 6) is 1.63. The van der Waals surface area contributed by atoms with E-state index in [1.54, 1.807) is 18.1 Å². The van der Waals surface area contributed by atoms with Crippen molar-refractivity contribution >= 4 is 29.9 Å². The standard InChI is InChI=1S/C18H29N7.HI/c1-5-25(6-2)16(15-10-8-7-9-11-15)12-20-18(19-3)21-13-17-22-14-23-24(17)4;/h7-11,14,16H,5-6,12-13H2,1-4H3,(H2,19,20,21);1H. The van der Waals surface area contributed by atoms with Crippen LogP contribution in [-0.4, -0.2) is 52.3 Å². The molecule has 2 aromatic rings. The summed E-state index contributed by atoms with van der Waals surface area (Å²) in [7, 11) is 3.66. The molecule has 8 heteroatoms. The molecule has 0 aliphatic carbocycles. The fraction of sp³-hybridized carbons (Fsp3) is 0.500. The molecule has 1 aromatic heterocycles. The maximum absolute atomic E-state index is 4.31. The van der Waals surface area contributed by atoms with Gasteiger partial charge in [0.05, 0.1) is 12.6 Å². The van der Waals surface area contributed by atoms with Crippen molar-refractivity contribution in [3.05, 3.63) is 48.0 Å². The van der Waals surface area contributed by atoms with Gasteiger partial charge in [-0.15, -0.1) is 24.0 Å². The van der Waals surface area contributed by atoms with Gasteiger partial charge < -0.3 is 10.6 Å². The number of likely N-dealkylation sites (N-methyl/N-ethyl adjacent to an activating group) is 1. The molecular formula is C18H30IN7. The normalized spacial score (nSPS) is 12.6. The summed E-state index contributed by atoms with van der Waals surface area (Å²) in [6.07, 6.45) is 1.55. The zero-order chi connectivity index (χ0) is 18.1. The van der Waals surface area contributed by atoms with Crippen LogP contribution in [-0.2, 0) is 13.6 Å². The van der Waals surface area contributed by atoms with Crippen molar-refractivity contribution in [2.24, 2.45) is 12.0 Å². The second-order valence-electron chi connectivity index (χ2n) is 5.75. The van der Waals surface area contributed by atoms with E-state index in [2.05, 4.69) is 74.8 Å². The number of aromatic nitrogens is 3. The number of nitrogens with one attached hydrogen (secondary N) is 2. The Morgan fingerprint density at radius 3 is 2.42 bits per heavy atom. The predicted octanol–water partition coefficient (Wildman–Crippen LogP) is 2.18. The lowest BCUT2D eigenvalue weighted by atomic mass is 10.1. The van der Waals surface area contributed by atoms with Crippen LogP contribution < -0.4 is 10.6 Å². The highest BCUT2D eigenvalue weighted by Gasteiger charge is 2.18. The molecule has 0 saturated heterocycles. The predicted molar refractivity (Wildman–Crippen MR) is 117 cm³/mol. The summed E-state index contributed by atoms with van der Waals surface area (Å²) in [5, 5.41) is 10.8. The molecule has 1 aromatic carbocycles. The molecule has 0 amide bonds. The van der Waals surface area contributed by atoms with Crippen molar-refractivity contribution in [3.63, 3.8) is 0 Å². The summed E-state index contributed by atoms with van der Waals surface area (Å²) >= 11 is 0. The summed E-state index contributed by atoms with van der Waals surface area (Å²) in [5.41, 5.74) is 1.31. The number of hydrogen-bond acceptors (Lipinski definition) is 4. The van der Waals surface area contributed by atoms with E-state index in [0.29, 0.717) is 12.6 Å². The Hall–Kier alpha value is -1.68. The molecule has 26 heavy (non-hydrogen) atoms. The van der Waals surface area contributed by atoms with E-state index in [-0.39, 0.29) is 24.0 Å². The Labute approximate surface area is 173 Å². The van der Waals surface area contributed by atoms with Gasteiger partial charge in [0.15, 0.2) is 5.96 Å². The number of guanidine groups is 1. The fourth-order valence-corrected chi connectivity index (χ4v) is 2.85. The van der Waals surface area contributed by atoms with Crippen LogP contribution >= 0.6 is 24.0 Å². The maximum Gasteiger partial charge on any atom is 0.191 e. The Morgan fingerprint density at radius 1 is 1.19 bits per heavy atom. The van der Waals surface area contributed by atoms with Crippen LogP contribution in [0.25, 0.3) is 0 Å². The molecule has 2 N–H and O–H groups in total. The summed E-state index contributed by atoms with van der Waals surface area (Å²) in [6.45, 7) is 7.76. The molecule has 1 atom stereocenters. The fourth-order valence-electron chi connectivity index (χ4n) is 2.85. The highest BCUT2D eigenvalue weighted by molar-refractivity contribution is 14.0. The number of aryl methyl sites for hydroxylation is 1. The van der Waals surface area contributed by atoms with E-state index in [9.17, 15) is 0 Å². The molecule has 0 radical (unpaired) electrons. The third-order valence-electron chi connectivity index (χ3n) is 4.34. The third kappa shape index (κ3) is 6.24. The number of rotatable bonds is 8. The van der Waals surface area contributed by atoms with Gasteiger partial charge in [-0.1, -0.05) is 44.2 Å². The first-order valence-corrected chi connectivity index (χ1v) is 8.75. The van der Waals surface area contributed by atoms with Gasteiger partial charge in [0.25, 0.3) is 0 Å². The second-order valence-corrected chi connectivity index (χ2v) is 5.75. The Bertz CT molecular complexity index is 653. The molecule has 0 saturated carbocycles. The average molecular weight is 471 g/mol. The Kier molecular flexibility index (Phi) is 10.2. The minimum Gasteiger partial charge on any atom is -0.354 e. The summed E-state index contributed by atoms with van der Waals surface area (Å²) < 4.78 is 1.75. The lowest BCUT2D eigenvalue weighted by Gasteiger charge is -2.30. The molecule has 7 nitrogen and oxygen atoms in total. The van der Waals surface area contributed by atoms with Crippen LogP contribution in [0.2, 0.25) is 0 Å². The van der Waals surface area contributed by atoms with Crippen LogP contribution in [0.5, 0.6) is 0 Å². The van der Waals surface area contributed by atoms with Crippen molar-refractivity contribution in [1.82, 2.24) is 30.3 Å². The SMILES string of the molecule is CCN(CC)C(CNC(=NC)NCc1ncnn1C)c1ccccc1.I. The molecule has 2 rings (SSSR count). The second kappa shape index (κ2) is 11.8. The van der Waals surface area contributed by atoms with Gasteiger partial charge in [-0.25, -0.2) is 4.98 Å². The zero-order valence-corrected chi connectivity index (χ0v) is 18.3. The third-order valence-corrected chi connectivity index (χ3v) is 4.34. The van der Waals surface area contributed by atoms with Crippen LogP contribution in [0.3, 0.4) is 0 Å². The number of halogens is 1. The zero-order valence-electron chi connectivity index (χ0n) is 16.0. The molecule has 0 aliphatic rings. The van der Waals surface area contributed by atoms with Crippen molar-refractivity contribution in [3.8, 4) is 0 Å². The van der Waals surface area contributed by atoms with Crippen LogP contribution in [0.1, 0.15) is 31.3 Å². The first-order valence-electron chi connectivity index (χ1n) is 8.75. The van der Waals surface area contributed by atoms with E-state index in [1.165, 1.54) is 5.56 Å². The first-order chi connectivity index (χ1) is 12.2. The molecule has 0 bridgehead atoms. The minimum atomic E-state index is 0. The van der Waals surface area contributed by atoms with Crippen molar-refractivity contribution in [1.29, 1.82) is 0 Å². The van der Waals surface area contributed by atoms with E-state index in [1.807, 2.05) is 7.05 Å². The van der Waals surface area contributed by atoms with Crippen molar-refractivity contribution in [2.75, 3.05) is 26.7 Å². The van der Waals surface area contributed by atoms with Gasteiger partial charge >= 0.3 is 0 Å². The van der Waals surface area contributed by atoms with Gasteiger partial charge in [0, 0.05) is 20.6 Å². The molecule has 1 heterocycles. The van der Waals surface area contributed by atoms with E-state index in [4.69, 9.17) is 0 Å². The van der Waals surface area contributed by atoms with Gasteiger partial charge in [-0.3, -0.25) is 14.6 Å². The van der Waals surface area contributed by atoms with Crippen LogP contribution in [0, 0.1) is 0 Å². The number of benzene rings is 1. The molecule has 144 valence electrons. The monoisotopic (exact) mass is 471 g/mol. The molecule has 0 spiro atoms. The molecule has 0 fully saturated rings. The lowest BCUT2D eigenvalue weighted by Crippen LogP contribution is -2.43. The van der Waals surface area contributed by atoms with E-state index >= 15 is 0 Å². The average Bonchev–Trinajstić information content (AvgIpc) is 3.06. The topological polar surface area (TPSA) is 70.4 Å². The number of hydrogen-bond donors (Lipinski definition) is 2. The lowest BCUT2D eigenvalue weighted by molar-refractivity contribution is 0.219. The Morgan fingerprint density at radius 2 is 1.88 bits per heavy atom. The Balaban J connectivity index is 0.00000338. The quantitative estimate of drug-likeness (QED) is 0.351. The number of nitrogens with zero attached hydrogens (tertiary/aromatic N) is 5. The van der Waals surface area contributed by atoms with Crippen LogP contribution in [0.15, 0.2) is 41.7 Å². The largest absolute Gasteiger partial charge is 0.354 e. The van der Waals surface area contributed by atoms with Gasteiger partial charge in [0.2, 0.25) is 0 Å². The smallest absolute Gasteiger partial charge is 0.191 e. The van der Waals surface area contributed by atoms with Crippen molar-refractivity contribution < 1.29 is 0 Å². The van der Waals surface area contributed by atoms with Gasteiger partial charge in [-0.05, 0) is 18.7 Å². The highest BCUT2D eigenvalue weighted by Crippen LogP contribution is 2.19. The highest BCUT2D eigenvalue weighted by atomic mass is 127.